The van der Waals surface area contributed by atoms with Crippen molar-refractivity contribution in [2.75, 3.05) is 27.2 Å². The molecule has 7 heteroatoms. The minimum absolute atomic E-state index is 0.150. The van der Waals surface area contributed by atoms with Gasteiger partial charge < -0.3 is 9.64 Å². The standard InChI is InChI=1S/C13H19FN2O3S/c1-16-7-12(13(8-16)19-2)15-20(17,18)9-10-3-5-11(14)6-4-10/h3-6,12-13,15H,7-9H2,1-2H3/t12-,13-/m0/s1. The number of sulfonamides is 1. The van der Waals surface area contributed by atoms with Gasteiger partial charge in [0.25, 0.3) is 0 Å². The van der Waals surface area contributed by atoms with E-state index in [9.17, 15) is 12.8 Å². The van der Waals surface area contributed by atoms with Gasteiger partial charge in [0.05, 0.1) is 17.9 Å². The molecule has 5 nitrogen and oxygen atoms in total. The number of nitrogens with zero attached hydrogens (tertiary/aromatic N) is 1. The zero-order valence-corrected chi connectivity index (χ0v) is 12.4. The van der Waals surface area contributed by atoms with Crippen LogP contribution in [-0.2, 0) is 20.5 Å². The van der Waals surface area contributed by atoms with Crippen LogP contribution in [0.25, 0.3) is 0 Å². The van der Waals surface area contributed by atoms with E-state index in [4.69, 9.17) is 4.74 Å². The van der Waals surface area contributed by atoms with Crippen LogP contribution in [0.15, 0.2) is 24.3 Å². The van der Waals surface area contributed by atoms with Crippen LogP contribution < -0.4 is 4.72 Å². The Morgan fingerprint density at radius 1 is 1.35 bits per heavy atom. The van der Waals surface area contributed by atoms with Crippen molar-refractivity contribution in [3.05, 3.63) is 35.6 Å². The lowest BCUT2D eigenvalue weighted by atomic mass is 10.2. The van der Waals surface area contributed by atoms with Gasteiger partial charge in [-0.05, 0) is 24.7 Å². The van der Waals surface area contributed by atoms with Gasteiger partial charge in [0.2, 0.25) is 10.0 Å². The number of rotatable bonds is 5. The van der Waals surface area contributed by atoms with Crippen LogP contribution in [0.5, 0.6) is 0 Å². The SMILES string of the molecule is CO[C@H]1CN(C)C[C@@H]1NS(=O)(=O)Cc1ccc(F)cc1. The first-order valence-electron chi connectivity index (χ1n) is 6.35. The van der Waals surface area contributed by atoms with Crippen LogP contribution in [-0.4, -0.2) is 52.7 Å². The molecule has 0 amide bonds. The summed E-state index contributed by atoms with van der Waals surface area (Å²) in [5.74, 6) is -0.541. The summed E-state index contributed by atoms with van der Waals surface area (Å²) in [5, 5.41) is 0. The molecule has 1 heterocycles. The molecule has 1 aliphatic heterocycles. The van der Waals surface area contributed by atoms with Gasteiger partial charge in [-0.2, -0.15) is 0 Å². The lowest BCUT2D eigenvalue weighted by Gasteiger charge is -2.18. The number of hydrogen-bond acceptors (Lipinski definition) is 4. The van der Waals surface area contributed by atoms with E-state index < -0.39 is 10.0 Å². The van der Waals surface area contributed by atoms with E-state index in [2.05, 4.69) is 4.72 Å². The largest absolute Gasteiger partial charge is 0.378 e. The predicted octanol–water partition coefficient (Wildman–Crippen LogP) is 0.574. The molecule has 2 rings (SSSR count). The van der Waals surface area contributed by atoms with Gasteiger partial charge >= 0.3 is 0 Å². The highest BCUT2D eigenvalue weighted by Crippen LogP contribution is 2.14. The molecule has 0 saturated carbocycles. The lowest BCUT2D eigenvalue weighted by Crippen LogP contribution is -2.43. The first kappa shape index (κ1) is 15.4. The summed E-state index contributed by atoms with van der Waals surface area (Å²) in [6.45, 7) is 1.31. The number of likely N-dealkylation sites (N-methyl/N-ethyl adjacent to an activating group) is 1. The van der Waals surface area contributed by atoms with E-state index in [1.807, 2.05) is 11.9 Å². The summed E-state index contributed by atoms with van der Waals surface area (Å²) in [4.78, 5) is 2.01. The molecule has 1 saturated heterocycles. The minimum atomic E-state index is -3.48. The molecule has 0 aliphatic carbocycles. The third-order valence-corrected chi connectivity index (χ3v) is 4.73. The summed E-state index contributed by atoms with van der Waals surface area (Å²) in [5.41, 5.74) is 0.555. The Labute approximate surface area is 118 Å². The summed E-state index contributed by atoms with van der Waals surface area (Å²) in [6.07, 6.45) is -0.150. The van der Waals surface area contributed by atoms with E-state index in [1.54, 1.807) is 7.11 Å². The molecule has 0 radical (unpaired) electrons. The quantitative estimate of drug-likeness (QED) is 0.864. The molecule has 0 spiro atoms. The highest BCUT2D eigenvalue weighted by molar-refractivity contribution is 7.88. The number of ether oxygens (including phenoxy) is 1. The number of methoxy groups -OCH3 is 1. The monoisotopic (exact) mass is 302 g/mol. The summed E-state index contributed by atoms with van der Waals surface area (Å²) in [6, 6.07) is 5.21. The van der Waals surface area contributed by atoms with E-state index in [0.29, 0.717) is 18.7 Å². The Kier molecular flexibility index (Phi) is 4.74. The van der Waals surface area contributed by atoms with Crippen LogP contribution in [0.4, 0.5) is 4.39 Å². The molecule has 1 aromatic rings. The molecular formula is C13H19FN2O3S. The van der Waals surface area contributed by atoms with E-state index >= 15 is 0 Å². The lowest BCUT2D eigenvalue weighted by molar-refractivity contribution is 0.0969. The van der Waals surface area contributed by atoms with Gasteiger partial charge in [-0.3, -0.25) is 0 Å². The first-order valence-corrected chi connectivity index (χ1v) is 8.00. The molecule has 1 N–H and O–H groups in total. The normalized spacial score (nSPS) is 24.1. The van der Waals surface area contributed by atoms with Gasteiger partial charge in [-0.1, -0.05) is 12.1 Å². The highest BCUT2D eigenvalue weighted by Gasteiger charge is 2.33. The maximum Gasteiger partial charge on any atom is 0.216 e. The van der Waals surface area contributed by atoms with Crippen LogP contribution in [0.1, 0.15) is 5.56 Å². The van der Waals surface area contributed by atoms with Crippen molar-refractivity contribution in [3.63, 3.8) is 0 Å². The van der Waals surface area contributed by atoms with Crippen molar-refractivity contribution < 1.29 is 17.5 Å². The van der Waals surface area contributed by atoms with E-state index in [0.717, 1.165) is 0 Å². The Balaban J connectivity index is 2.02. The van der Waals surface area contributed by atoms with Gasteiger partial charge in [0.1, 0.15) is 5.82 Å². The summed E-state index contributed by atoms with van der Waals surface area (Å²) < 4.78 is 45.0. The summed E-state index contributed by atoms with van der Waals surface area (Å²) >= 11 is 0. The maximum absolute atomic E-state index is 12.8. The molecule has 1 aromatic carbocycles. The molecule has 112 valence electrons. The molecule has 20 heavy (non-hydrogen) atoms. The third-order valence-electron chi connectivity index (χ3n) is 3.35. The van der Waals surface area contributed by atoms with Gasteiger partial charge in [0.15, 0.2) is 0 Å². The van der Waals surface area contributed by atoms with Crippen molar-refractivity contribution in [1.82, 2.24) is 9.62 Å². The van der Waals surface area contributed by atoms with Crippen molar-refractivity contribution in [3.8, 4) is 0 Å². The molecule has 1 aliphatic rings. The van der Waals surface area contributed by atoms with E-state index in [1.165, 1.54) is 24.3 Å². The second-order valence-electron chi connectivity index (χ2n) is 5.11. The smallest absolute Gasteiger partial charge is 0.216 e. The molecular weight excluding hydrogens is 283 g/mol. The number of halogens is 1. The number of hydrogen-bond donors (Lipinski definition) is 1. The zero-order chi connectivity index (χ0) is 14.8. The first-order chi connectivity index (χ1) is 9.39. The Hall–Kier alpha value is -1.02. The third kappa shape index (κ3) is 3.99. The minimum Gasteiger partial charge on any atom is -0.378 e. The van der Waals surface area contributed by atoms with E-state index in [-0.39, 0.29) is 23.7 Å². The Bertz CT molecular complexity index is 547. The Morgan fingerprint density at radius 3 is 2.60 bits per heavy atom. The number of benzene rings is 1. The molecule has 0 unspecified atom stereocenters. The van der Waals surface area contributed by atoms with Crippen LogP contribution in [0.2, 0.25) is 0 Å². The molecule has 2 atom stereocenters. The maximum atomic E-state index is 12.8. The van der Waals surface area contributed by atoms with Crippen molar-refractivity contribution in [2.24, 2.45) is 0 Å². The molecule has 1 fully saturated rings. The van der Waals surface area contributed by atoms with Crippen LogP contribution >= 0.6 is 0 Å². The fourth-order valence-corrected chi connectivity index (χ4v) is 3.79. The topological polar surface area (TPSA) is 58.6 Å². The number of likely N-dealkylation sites (tertiary alicyclic amines) is 1. The Morgan fingerprint density at radius 2 is 2.00 bits per heavy atom. The zero-order valence-electron chi connectivity index (χ0n) is 11.5. The summed E-state index contributed by atoms with van der Waals surface area (Å²) in [7, 11) is 0.0150. The van der Waals surface area contributed by atoms with Gasteiger partial charge in [0, 0.05) is 20.2 Å². The van der Waals surface area contributed by atoms with Crippen LogP contribution in [0.3, 0.4) is 0 Å². The second kappa shape index (κ2) is 6.17. The van der Waals surface area contributed by atoms with Crippen LogP contribution in [0, 0.1) is 5.82 Å². The molecule has 0 aromatic heterocycles. The number of nitrogens with one attached hydrogen (secondary N) is 1. The fourth-order valence-electron chi connectivity index (χ4n) is 2.39. The molecule has 0 bridgehead atoms. The average Bonchev–Trinajstić information content (AvgIpc) is 2.71. The van der Waals surface area contributed by atoms with Gasteiger partial charge in [-0.15, -0.1) is 0 Å². The van der Waals surface area contributed by atoms with Crippen molar-refractivity contribution >= 4 is 10.0 Å². The van der Waals surface area contributed by atoms with Gasteiger partial charge in [-0.25, -0.2) is 17.5 Å². The van der Waals surface area contributed by atoms with Crippen molar-refractivity contribution in [2.45, 2.75) is 17.9 Å². The second-order valence-corrected chi connectivity index (χ2v) is 6.86. The van der Waals surface area contributed by atoms with Crippen molar-refractivity contribution in [1.29, 1.82) is 0 Å². The fraction of sp³-hybridized carbons (Fsp3) is 0.538. The predicted molar refractivity (Wildman–Crippen MR) is 74.2 cm³/mol. The average molecular weight is 302 g/mol. The highest BCUT2D eigenvalue weighted by atomic mass is 32.2.